The molecule has 0 aliphatic carbocycles. The first-order valence-electron chi connectivity index (χ1n) is 7.45. The summed E-state index contributed by atoms with van der Waals surface area (Å²) in [7, 11) is 2.08. The Bertz CT molecular complexity index is 453. The minimum absolute atomic E-state index is 0. The third-order valence-electron chi connectivity index (χ3n) is 3.77. The monoisotopic (exact) mass is 347 g/mol. The van der Waals surface area contributed by atoms with E-state index in [2.05, 4.69) is 31.1 Å². The highest BCUT2D eigenvalue weighted by Gasteiger charge is 2.21. The van der Waals surface area contributed by atoms with Crippen LogP contribution in [0.4, 0.5) is 5.69 Å². The van der Waals surface area contributed by atoms with Crippen LogP contribution in [0.15, 0.2) is 24.3 Å². The quantitative estimate of drug-likeness (QED) is 0.909. The van der Waals surface area contributed by atoms with Crippen molar-refractivity contribution in [3.05, 3.63) is 29.8 Å². The molecule has 126 valence electrons. The lowest BCUT2D eigenvalue weighted by Gasteiger charge is -2.32. The van der Waals surface area contributed by atoms with E-state index in [0.717, 1.165) is 43.9 Å². The van der Waals surface area contributed by atoms with Crippen molar-refractivity contribution in [1.29, 1.82) is 0 Å². The molecule has 1 amide bonds. The summed E-state index contributed by atoms with van der Waals surface area (Å²) in [6.07, 6.45) is 1.12. The van der Waals surface area contributed by atoms with Crippen LogP contribution in [-0.4, -0.2) is 50.1 Å². The number of rotatable bonds is 4. The highest BCUT2D eigenvalue weighted by atomic mass is 35.5. The lowest BCUT2D eigenvalue weighted by atomic mass is 10.1. The van der Waals surface area contributed by atoms with Gasteiger partial charge in [0.05, 0.1) is 0 Å². The molecule has 1 aliphatic rings. The van der Waals surface area contributed by atoms with Crippen LogP contribution in [0.1, 0.15) is 30.6 Å². The van der Waals surface area contributed by atoms with Crippen molar-refractivity contribution < 1.29 is 4.79 Å². The second-order valence-corrected chi connectivity index (χ2v) is 5.57. The number of piperazine rings is 1. The number of carbonyl (C=O) groups excluding carboxylic acids is 1. The Morgan fingerprint density at radius 1 is 1.32 bits per heavy atom. The lowest BCUT2D eigenvalue weighted by molar-refractivity contribution is 0.0709. The summed E-state index contributed by atoms with van der Waals surface area (Å²) < 4.78 is 0. The molecule has 0 aromatic heterocycles. The highest BCUT2D eigenvalue weighted by Crippen LogP contribution is 2.16. The average molecular weight is 348 g/mol. The summed E-state index contributed by atoms with van der Waals surface area (Å²) in [5, 5.41) is 3.36. The Kier molecular flexibility index (Phi) is 9.49. The van der Waals surface area contributed by atoms with Gasteiger partial charge in [-0.1, -0.05) is 6.92 Å². The van der Waals surface area contributed by atoms with Crippen LogP contribution in [-0.2, 0) is 0 Å². The van der Waals surface area contributed by atoms with Crippen molar-refractivity contribution in [3.63, 3.8) is 0 Å². The molecule has 1 aliphatic heterocycles. The number of benzene rings is 1. The Hall–Kier alpha value is -0.970. The smallest absolute Gasteiger partial charge is 0.253 e. The van der Waals surface area contributed by atoms with Gasteiger partial charge in [0.2, 0.25) is 0 Å². The fraction of sp³-hybridized carbons (Fsp3) is 0.562. The summed E-state index contributed by atoms with van der Waals surface area (Å²) in [6, 6.07) is 8.33. The molecule has 0 saturated carbocycles. The maximum atomic E-state index is 12.4. The SMILES string of the molecule is CCCN(C)c1ccc(C(=O)N2CCNC(C)C2)cc1.Cl.Cl. The molecule has 1 saturated heterocycles. The topological polar surface area (TPSA) is 35.6 Å². The van der Waals surface area contributed by atoms with E-state index >= 15 is 0 Å². The minimum atomic E-state index is 0. The van der Waals surface area contributed by atoms with Crippen LogP contribution in [0.25, 0.3) is 0 Å². The minimum Gasteiger partial charge on any atom is -0.375 e. The van der Waals surface area contributed by atoms with Gasteiger partial charge in [-0.3, -0.25) is 4.79 Å². The standard InChI is InChI=1S/C16H25N3O.2ClH/c1-4-10-18(3)15-7-5-14(6-8-15)16(20)19-11-9-17-13(2)12-19;;/h5-8,13,17H,4,9-12H2,1-3H3;2*1H. The molecule has 1 fully saturated rings. The molecule has 1 aromatic rings. The number of halogens is 2. The second-order valence-electron chi connectivity index (χ2n) is 5.57. The average Bonchev–Trinajstić information content (AvgIpc) is 2.47. The Morgan fingerprint density at radius 3 is 2.50 bits per heavy atom. The number of nitrogens with zero attached hydrogens (tertiary/aromatic N) is 2. The number of nitrogens with one attached hydrogen (secondary N) is 1. The maximum Gasteiger partial charge on any atom is 0.253 e. The molecule has 0 spiro atoms. The van der Waals surface area contributed by atoms with Crippen molar-refractivity contribution in [1.82, 2.24) is 10.2 Å². The molecule has 1 unspecified atom stereocenters. The van der Waals surface area contributed by atoms with Crippen LogP contribution >= 0.6 is 24.8 Å². The van der Waals surface area contributed by atoms with Crippen molar-refractivity contribution in [3.8, 4) is 0 Å². The number of hydrogen-bond acceptors (Lipinski definition) is 3. The maximum absolute atomic E-state index is 12.4. The van der Waals surface area contributed by atoms with E-state index in [9.17, 15) is 4.79 Å². The largest absolute Gasteiger partial charge is 0.375 e. The Morgan fingerprint density at radius 2 is 1.95 bits per heavy atom. The van der Waals surface area contributed by atoms with Gasteiger partial charge in [-0.05, 0) is 37.6 Å². The summed E-state index contributed by atoms with van der Waals surface area (Å²) >= 11 is 0. The summed E-state index contributed by atoms with van der Waals surface area (Å²) in [6.45, 7) is 7.77. The molecular formula is C16H27Cl2N3O. The van der Waals surface area contributed by atoms with Crippen LogP contribution in [0.3, 0.4) is 0 Å². The summed E-state index contributed by atoms with van der Waals surface area (Å²) in [5.74, 6) is 0.142. The first-order valence-corrected chi connectivity index (χ1v) is 7.45. The second kappa shape index (κ2) is 9.93. The highest BCUT2D eigenvalue weighted by molar-refractivity contribution is 5.94. The normalized spacial score (nSPS) is 17.2. The van der Waals surface area contributed by atoms with Crippen molar-refractivity contribution in [2.24, 2.45) is 0 Å². The molecule has 6 heteroatoms. The number of amides is 1. The van der Waals surface area contributed by atoms with E-state index in [0.29, 0.717) is 6.04 Å². The van der Waals surface area contributed by atoms with Gasteiger partial charge in [0.1, 0.15) is 0 Å². The van der Waals surface area contributed by atoms with E-state index in [1.165, 1.54) is 0 Å². The van der Waals surface area contributed by atoms with Crippen molar-refractivity contribution >= 4 is 36.4 Å². The van der Waals surface area contributed by atoms with Crippen LogP contribution in [0.5, 0.6) is 0 Å². The zero-order chi connectivity index (χ0) is 14.5. The summed E-state index contributed by atoms with van der Waals surface area (Å²) in [5.41, 5.74) is 1.95. The number of carbonyl (C=O) groups is 1. The van der Waals surface area contributed by atoms with Gasteiger partial charge in [-0.25, -0.2) is 0 Å². The van der Waals surface area contributed by atoms with E-state index in [-0.39, 0.29) is 30.7 Å². The van der Waals surface area contributed by atoms with Gasteiger partial charge >= 0.3 is 0 Å². The van der Waals surface area contributed by atoms with E-state index < -0.39 is 0 Å². The van der Waals surface area contributed by atoms with Gasteiger partial charge in [0.15, 0.2) is 0 Å². The zero-order valence-corrected chi connectivity index (χ0v) is 15.2. The fourth-order valence-corrected chi connectivity index (χ4v) is 2.62. The van der Waals surface area contributed by atoms with E-state index in [1.54, 1.807) is 0 Å². The predicted octanol–water partition coefficient (Wildman–Crippen LogP) is 2.81. The lowest BCUT2D eigenvalue weighted by Crippen LogP contribution is -2.51. The first-order chi connectivity index (χ1) is 9.61. The molecule has 1 N–H and O–H groups in total. The van der Waals surface area contributed by atoms with E-state index in [1.807, 2.05) is 29.2 Å². The number of anilines is 1. The molecule has 1 atom stereocenters. The Labute approximate surface area is 146 Å². The predicted molar refractivity (Wildman–Crippen MR) is 97.9 cm³/mol. The van der Waals surface area contributed by atoms with Gasteiger partial charge in [-0.15, -0.1) is 24.8 Å². The Balaban J connectivity index is 0.00000220. The van der Waals surface area contributed by atoms with Gasteiger partial charge in [0.25, 0.3) is 5.91 Å². The molecule has 0 bridgehead atoms. The molecule has 22 heavy (non-hydrogen) atoms. The fourth-order valence-electron chi connectivity index (χ4n) is 2.62. The van der Waals surface area contributed by atoms with Crippen LogP contribution in [0, 0.1) is 0 Å². The molecule has 1 aromatic carbocycles. The van der Waals surface area contributed by atoms with E-state index in [4.69, 9.17) is 0 Å². The van der Waals surface area contributed by atoms with Crippen LogP contribution in [0.2, 0.25) is 0 Å². The van der Waals surface area contributed by atoms with Crippen molar-refractivity contribution in [2.45, 2.75) is 26.3 Å². The van der Waals surface area contributed by atoms with Gasteiger partial charge in [-0.2, -0.15) is 0 Å². The summed E-state index contributed by atoms with van der Waals surface area (Å²) in [4.78, 5) is 16.6. The zero-order valence-electron chi connectivity index (χ0n) is 13.5. The van der Waals surface area contributed by atoms with Crippen molar-refractivity contribution in [2.75, 3.05) is 38.1 Å². The molecule has 0 radical (unpaired) electrons. The van der Waals surface area contributed by atoms with Gasteiger partial charge < -0.3 is 15.1 Å². The molecule has 4 nitrogen and oxygen atoms in total. The first kappa shape index (κ1) is 21.0. The molecular weight excluding hydrogens is 321 g/mol. The van der Waals surface area contributed by atoms with Crippen LogP contribution < -0.4 is 10.2 Å². The molecule has 1 heterocycles. The number of hydrogen-bond donors (Lipinski definition) is 1. The molecule has 2 rings (SSSR count). The third kappa shape index (κ3) is 5.34. The van der Waals surface area contributed by atoms with Gasteiger partial charge in [0, 0.05) is 50.5 Å². The third-order valence-corrected chi connectivity index (χ3v) is 3.77.